The Balaban J connectivity index is 1.49. The second kappa shape index (κ2) is 8.70. The van der Waals surface area contributed by atoms with Gasteiger partial charge in [-0.2, -0.15) is 0 Å². The van der Waals surface area contributed by atoms with Gasteiger partial charge in [-0.15, -0.1) is 10.2 Å². The second-order valence-corrected chi connectivity index (χ2v) is 7.08. The summed E-state index contributed by atoms with van der Waals surface area (Å²) in [7, 11) is 0. The number of hydrogen-bond donors (Lipinski definition) is 2. The molecule has 4 rings (SSSR count). The largest absolute Gasteiger partial charge is 0.469 e. The molecule has 1 aromatic carbocycles. The Morgan fingerprint density at radius 3 is 2.53 bits per heavy atom. The van der Waals surface area contributed by atoms with Gasteiger partial charge in [0.05, 0.1) is 23.8 Å². The number of amides is 2. The number of aryl methyl sites for hydroxylation is 1. The molecule has 0 aliphatic carbocycles. The summed E-state index contributed by atoms with van der Waals surface area (Å²) in [5.41, 5.74) is 6.32. The zero-order valence-electron chi connectivity index (χ0n) is 15.9. The zero-order valence-corrected chi connectivity index (χ0v) is 16.7. The number of benzene rings is 1. The molecular weight excluding hydrogens is 406 g/mol. The lowest BCUT2D eigenvalue weighted by atomic mass is 10.2. The van der Waals surface area contributed by atoms with Crippen LogP contribution >= 0.6 is 11.8 Å². The fourth-order valence-electron chi connectivity index (χ4n) is 2.73. The predicted molar refractivity (Wildman–Crippen MR) is 109 cm³/mol. The quantitative estimate of drug-likeness (QED) is 0.362. The molecule has 0 aliphatic heterocycles. The maximum absolute atomic E-state index is 12.2. The summed E-state index contributed by atoms with van der Waals surface area (Å²) in [4.78, 5) is 24.0. The minimum atomic E-state index is -0.538. The Kier molecular flexibility index (Phi) is 5.66. The van der Waals surface area contributed by atoms with Crippen molar-refractivity contribution in [3.8, 4) is 17.1 Å². The highest BCUT2D eigenvalue weighted by molar-refractivity contribution is 7.99. The van der Waals surface area contributed by atoms with Crippen LogP contribution in [-0.2, 0) is 4.79 Å². The number of nitrogens with one attached hydrogen (secondary N) is 2. The minimum absolute atomic E-state index is 0.0216. The summed E-state index contributed by atoms with van der Waals surface area (Å²) in [6.07, 6.45) is 2.97. The summed E-state index contributed by atoms with van der Waals surface area (Å²) in [5.74, 6) is 0.517. The van der Waals surface area contributed by atoms with Crippen molar-refractivity contribution in [2.45, 2.75) is 12.1 Å². The van der Waals surface area contributed by atoms with Crippen molar-refractivity contribution in [1.82, 2.24) is 25.6 Å². The fraction of sp³-hybridized carbons (Fsp3) is 0.100. The summed E-state index contributed by atoms with van der Waals surface area (Å²) < 4.78 is 12.2. The molecule has 2 amide bonds. The molecule has 10 heteroatoms. The standard InChI is InChI=1S/C20H17N5O4S/c1-13-15(9-11-28-13)18-22-24-20(25(18)14-6-3-2-4-7-14)30-12-17(26)21-23-19(27)16-8-5-10-29-16/h2-11H,12H2,1H3,(H,21,26)(H,23,27). The summed E-state index contributed by atoms with van der Waals surface area (Å²) in [5, 5.41) is 9.08. The molecule has 30 heavy (non-hydrogen) atoms. The van der Waals surface area contributed by atoms with Crippen molar-refractivity contribution in [1.29, 1.82) is 0 Å². The second-order valence-electron chi connectivity index (χ2n) is 6.14. The van der Waals surface area contributed by atoms with Crippen molar-refractivity contribution in [3.05, 3.63) is 72.6 Å². The average molecular weight is 423 g/mol. The topological polar surface area (TPSA) is 115 Å². The molecule has 0 saturated heterocycles. The zero-order chi connectivity index (χ0) is 20.9. The van der Waals surface area contributed by atoms with E-state index in [2.05, 4.69) is 21.0 Å². The van der Waals surface area contributed by atoms with E-state index in [1.54, 1.807) is 12.3 Å². The first-order valence-electron chi connectivity index (χ1n) is 8.94. The normalized spacial score (nSPS) is 10.7. The van der Waals surface area contributed by atoms with Crippen LogP contribution in [0.25, 0.3) is 17.1 Å². The molecule has 0 unspecified atom stereocenters. The van der Waals surface area contributed by atoms with Gasteiger partial charge in [0.25, 0.3) is 0 Å². The molecular formula is C20H17N5O4S. The molecule has 0 spiro atoms. The molecule has 0 atom stereocenters. The van der Waals surface area contributed by atoms with E-state index < -0.39 is 11.8 Å². The van der Waals surface area contributed by atoms with Gasteiger partial charge in [0, 0.05) is 5.69 Å². The summed E-state index contributed by atoms with van der Waals surface area (Å²) >= 11 is 1.20. The molecule has 9 nitrogen and oxygen atoms in total. The first-order valence-corrected chi connectivity index (χ1v) is 9.93. The first kappa shape index (κ1) is 19.5. The molecule has 0 fully saturated rings. The lowest BCUT2D eigenvalue weighted by molar-refractivity contribution is -0.119. The van der Waals surface area contributed by atoms with Gasteiger partial charge in [-0.3, -0.25) is 25.0 Å². The number of carbonyl (C=O) groups is 2. The van der Waals surface area contributed by atoms with Gasteiger partial charge in [-0.1, -0.05) is 30.0 Å². The highest BCUT2D eigenvalue weighted by Crippen LogP contribution is 2.30. The maximum Gasteiger partial charge on any atom is 0.305 e. The average Bonchev–Trinajstić information content (AvgIpc) is 3.51. The van der Waals surface area contributed by atoms with Crippen LogP contribution in [-0.4, -0.2) is 32.3 Å². The van der Waals surface area contributed by atoms with E-state index in [4.69, 9.17) is 8.83 Å². The number of thioether (sulfide) groups is 1. The van der Waals surface area contributed by atoms with Gasteiger partial charge in [0.2, 0.25) is 5.91 Å². The predicted octanol–water partition coefficient (Wildman–Crippen LogP) is 2.98. The van der Waals surface area contributed by atoms with Crippen LogP contribution in [0.5, 0.6) is 0 Å². The van der Waals surface area contributed by atoms with Gasteiger partial charge >= 0.3 is 5.91 Å². The van der Waals surface area contributed by atoms with E-state index in [0.29, 0.717) is 11.0 Å². The van der Waals surface area contributed by atoms with Gasteiger partial charge < -0.3 is 8.83 Å². The lowest BCUT2D eigenvalue weighted by Gasteiger charge is -2.10. The lowest BCUT2D eigenvalue weighted by Crippen LogP contribution is -2.42. The van der Waals surface area contributed by atoms with Crippen molar-refractivity contribution in [2.75, 3.05) is 5.75 Å². The van der Waals surface area contributed by atoms with E-state index in [1.807, 2.05) is 47.9 Å². The third-order valence-electron chi connectivity index (χ3n) is 4.14. The Morgan fingerprint density at radius 1 is 1.00 bits per heavy atom. The molecule has 3 heterocycles. The number of para-hydroxylation sites is 1. The van der Waals surface area contributed by atoms with Crippen LogP contribution < -0.4 is 10.9 Å². The molecule has 0 saturated carbocycles. The molecule has 0 radical (unpaired) electrons. The molecule has 0 bridgehead atoms. The SMILES string of the molecule is Cc1occc1-c1nnc(SCC(=O)NNC(=O)c2ccco2)n1-c1ccccc1. The van der Waals surface area contributed by atoms with Gasteiger partial charge in [-0.25, -0.2) is 0 Å². The first-order chi connectivity index (χ1) is 14.6. The van der Waals surface area contributed by atoms with Crippen molar-refractivity contribution < 1.29 is 18.4 Å². The van der Waals surface area contributed by atoms with E-state index in [1.165, 1.54) is 24.1 Å². The summed E-state index contributed by atoms with van der Waals surface area (Å²) in [6, 6.07) is 14.5. The van der Waals surface area contributed by atoms with E-state index >= 15 is 0 Å². The number of hydrazine groups is 1. The Bertz CT molecular complexity index is 1150. The Hall–Kier alpha value is -3.79. The minimum Gasteiger partial charge on any atom is -0.469 e. The highest BCUT2D eigenvalue weighted by Gasteiger charge is 2.20. The third-order valence-corrected chi connectivity index (χ3v) is 5.07. The monoisotopic (exact) mass is 423 g/mol. The number of aromatic nitrogens is 3. The number of carbonyl (C=O) groups excluding carboxylic acids is 2. The Morgan fingerprint density at radius 2 is 1.83 bits per heavy atom. The molecule has 3 aromatic heterocycles. The number of nitrogens with zero attached hydrogens (tertiary/aromatic N) is 3. The maximum atomic E-state index is 12.2. The number of furan rings is 2. The van der Waals surface area contributed by atoms with Crippen LogP contribution in [0.2, 0.25) is 0 Å². The van der Waals surface area contributed by atoms with E-state index in [0.717, 1.165) is 17.0 Å². The van der Waals surface area contributed by atoms with E-state index in [9.17, 15) is 9.59 Å². The van der Waals surface area contributed by atoms with Gasteiger partial charge in [0.1, 0.15) is 5.76 Å². The Labute approximate surface area is 175 Å². The fourth-order valence-corrected chi connectivity index (χ4v) is 3.48. The highest BCUT2D eigenvalue weighted by atomic mass is 32.2. The van der Waals surface area contributed by atoms with Crippen molar-refractivity contribution in [2.24, 2.45) is 0 Å². The van der Waals surface area contributed by atoms with Crippen LogP contribution in [0.4, 0.5) is 0 Å². The smallest absolute Gasteiger partial charge is 0.305 e. The van der Waals surface area contributed by atoms with Crippen molar-refractivity contribution >= 4 is 23.6 Å². The van der Waals surface area contributed by atoms with Crippen LogP contribution in [0, 0.1) is 6.92 Å². The molecule has 152 valence electrons. The molecule has 4 aromatic rings. The molecule has 0 aliphatic rings. The van der Waals surface area contributed by atoms with Crippen LogP contribution in [0.15, 0.2) is 75.0 Å². The van der Waals surface area contributed by atoms with E-state index in [-0.39, 0.29) is 11.5 Å². The van der Waals surface area contributed by atoms with Crippen LogP contribution in [0.1, 0.15) is 16.3 Å². The van der Waals surface area contributed by atoms with Crippen LogP contribution in [0.3, 0.4) is 0 Å². The number of hydrogen-bond acceptors (Lipinski definition) is 7. The van der Waals surface area contributed by atoms with Crippen molar-refractivity contribution in [3.63, 3.8) is 0 Å². The summed E-state index contributed by atoms with van der Waals surface area (Å²) in [6.45, 7) is 1.85. The van der Waals surface area contributed by atoms with Gasteiger partial charge in [0.15, 0.2) is 16.7 Å². The third kappa shape index (κ3) is 4.13. The molecule has 2 N–H and O–H groups in total. The number of rotatable bonds is 6. The van der Waals surface area contributed by atoms with Gasteiger partial charge in [-0.05, 0) is 37.3 Å².